The van der Waals surface area contributed by atoms with Crippen LogP contribution in [0.15, 0.2) is 24.3 Å². The minimum absolute atomic E-state index is 0. The van der Waals surface area contributed by atoms with Gasteiger partial charge in [-0.1, -0.05) is 0 Å². The Morgan fingerprint density at radius 3 is 2.15 bits per heavy atom. The molecule has 1 unspecified atom stereocenters. The van der Waals surface area contributed by atoms with Crippen molar-refractivity contribution in [2.45, 2.75) is 32.2 Å². The standard InChI is InChI=1S/C14H19N3O2.ClH/c1-9(15)8-13(18)16-11-4-6-12(7-5-11)17-14(19)10-2-3-10;/h4-7,9-10H,2-3,8,15H2,1H3,(H,16,18)(H,17,19);1H. The Morgan fingerprint density at radius 1 is 1.20 bits per heavy atom. The number of rotatable bonds is 5. The van der Waals surface area contributed by atoms with Crippen LogP contribution in [0.1, 0.15) is 26.2 Å². The lowest BCUT2D eigenvalue weighted by Crippen LogP contribution is -2.23. The van der Waals surface area contributed by atoms with Crippen molar-refractivity contribution in [2.24, 2.45) is 11.7 Å². The highest BCUT2D eigenvalue weighted by molar-refractivity contribution is 5.95. The summed E-state index contributed by atoms with van der Waals surface area (Å²) >= 11 is 0. The van der Waals surface area contributed by atoms with Gasteiger partial charge in [-0.2, -0.15) is 0 Å². The minimum Gasteiger partial charge on any atom is -0.327 e. The van der Waals surface area contributed by atoms with Gasteiger partial charge in [0.1, 0.15) is 0 Å². The average Bonchev–Trinajstić information content (AvgIpc) is 3.14. The number of nitrogens with one attached hydrogen (secondary N) is 2. The quantitative estimate of drug-likeness (QED) is 0.778. The van der Waals surface area contributed by atoms with Gasteiger partial charge in [0.05, 0.1) is 0 Å². The summed E-state index contributed by atoms with van der Waals surface area (Å²) in [5.41, 5.74) is 7.01. The van der Waals surface area contributed by atoms with E-state index in [0.717, 1.165) is 18.5 Å². The molecule has 0 bridgehead atoms. The van der Waals surface area contributed by atoms with Gasteiger partial charge in [0.15, 0.2) is 0 Å². The van der Waals surface area contributed by atoms with Crippen LogP contribution in [0.2, 0.25) is 0 Å². The van der Waals surface area contributed by atoms with E-state index in [0.29, 0.717) is 12.1 Å². The fraction of sp³-hybridized carbons (Fsp3) is 0.429. The zero-order chi connectivity index (χ0) is 13.8. The van der Waals surface area contributed by atoms with E-state index in [4.69, 9.17) is 5.73 Å². The SMILES string of the molecule is CC(N)CC(=O)Nc1ccc(NC(=O)C2CC2)cc1.Cl. The summed E-state index contributed by atoms with van der Waals surface area (Å²) in [5.74, 6) is 0.156. The van der Waals surface area contributed by atoms with Crippen molar-refractivity contribution in [3.05, 3.63) is 24.3 Å². The Morgan fingerprint density at radius 2 is 1.70 bits per heavy atom. The summed E-state index contributed by atoms with van der Waals surface area (Å²) in [6.45, 7) is 1.79. The molecule has 1 saturated carbocycles. The average molecular weight is 298 g/mol. The highest BCUT2D eigenvalue weighted by Gasteiger charge is 2.29. The number of anilines is 2. The number of nitrogens with two attached hydrogens (primary N) is 1. The molecule has 0 radical (unpaired) electrons. The fourth-order valence-electron chi connectivity index (χ4n) is 1.73. The maximum absolute atomic E-state index is 11.6. The molecule has 2 rings (SSSR count). The zero-order valence-corrected chi connectivity index (χ0v) is 12.2. The number of carbonyl (C=O) groups is 2. The van der Waals surface area contributed by atoms with E-state index in [1.165, 1.54) is 0 Å². The number of benzene rings is 1. The molecule has 0 aliphatic heterocycles. The van der Waals surface area contributed by atoms with E-state index in [-0.39, 0.29) is 36.2 Å². The first-order valence-corrected chi connectivity index (χ1v) is 6.51. The Labute approximate surface area is 124 Å². The summed E-state index contributed by atoms with van der Waals surface area (Å²) in [5, 5.41) is 5.60. The number of amides is 2. The molecule has 1 aliphatic carbocycles. The molecule has 6 heteroatoms. The molecule has 1 fully saturated rings. The molecule has 110 valence electrons. The van der Waals surface area contributed by atoms with Crippen molar-refractivity contribution in [3.8, 4) is 0 Å². The smallest absolute Gasteiger partial charge is 0.227 e. The normalized spacial score (nSPS) is 14.9. The molecule has 5 nitrogen and oxygen atoms in total. The third-order valence-corrected chi connectivity index (χ3v) is 2.89. The second kappa shape index (κ2) is 7.26. The molecule has 1 atom stereocenters. The van der Waals surface area contributed by atoms with Crippen molar-refractivity contribution in [3.63, 3.8) is 0 Å². The lowest BCUT2D eigenvalue weighted by molar-refractivity contribution is -0.117. The van der Waals surface area contributed by atoms with Crippen LogP contribution in [0, 0.1) is 5.92 Å². The van der Waals surface area contributed by atoms with E-state index in [9.17, 15) is 9.59 Å². The van der Waals surface area contributed by atoms with E-state index in [2.05, 4.69) is 10.6 Å². The van der Waals surface area contributed by atoms with Crippen LogP contribution in [-0.2, 0) is 9.59 Å². The van der Waals surface area contributed by atoms with Crippen molar-refractivity contribution in [1.29, 1.82) is 0 Å². The Hall–Kier alpha value is -1.59. The Bertz CT molecular complexity index is 470. The van der Waals surface area contributed by atoms with Crippen LogP contribution in [-0.4, -0.2) is 17.9 Å². The van der Waals surface area contributed by atoms with Gasteiger partial charge < -0.3 is 16.4 Å². The molecule has 1 aliphatic rings. The lowest BCUT2D eigenvalue weighted by Gasteiger charge is -2.08. The highest BCUT2D eigenvalue weighted by Crippen LogP contribution is 2.30. The van der Waals surface area contributed by atoms with Gasteiger partial charge in [0.2, 0.25) is 11.8 Å². The minimum atomic E-state index is -0.155. The summed E-state index contributed by atoms with van der Waals surface area (Å²) in [6, 6.07) is 6.93. The van der Waals surface area contributed by atoms with Crippen molar-refractivity contribution in [2.75, 3.05) is 10.6 Å². The zero-order valence-electron chi connectivity index (χ0n) is 11.4. The number of halogens is 1. The first kappa shape index (κ1) is 16.5. The molecule has 1 aromatic rings. The fourth-order valence-corrected chi connectivity index (χ4v) is 1.73. The second-order valence-electron chi connectivity index (χ2n) is 5.07. The number of hydrogen-bond acceptors (Lipinski definition) is 3. The van der Waals surface area contributed by atoms with Crippen LogP contribution in [0.5, 0.6) is 0 Å². The number of carbonyl (C=O) groups excluding carboxylic acids is 2. The second-order valence-corrected chi connectivity index (χ2v) is 5.07. The van der Waals surface area contributed by atoms with Gasteiger partial charge in [0.25, 0.3) is 0 Å². The van der Waals surface area contributed by atoms with Crippen LogP contribution < -0.4 is 16.4 Å². The molecular formula is C14H20ClN3O2. The van der Waals surface area contributed by atoms with E-state index in [1.54, 1.807) is 31.2 Å². The van der Waals surface area contributed by atoms with Gasteiger partial charge in [0, 0.05) is 29.8 Å². The number of hydrogen-bond donors (Lipinski definition) is 3. The largest absolute Gasteiger partial charge is 0.327 e. The summed E-state index contributed by atoms with van der Waals surface area (Å²) in [6.07, 6.45) is 2.26. The van der Waals surface area contributed by atoms with E-state index >= 15 is 0 Å². The molecule has 1 aromatic carbocycles. The molecule has 0 saturated heterocycles. The van der Waals surface area contributed by atoms with Crippen molar-refractivity contribution in [1.82, 2.24) is 0 Å². The molecule has 0 aromatic heterocycles. The summed E-state index contributed by atoms with van der Waals surface area (Å²) < 4.78 is 0. The first-order valence-electron chi connectivity index (χ1n) is 6.51. The van der Waals surface area contributed by atoms with E-state index < -0.39 is 0 Å². The van der Waals surface area contributed by atoms with Crippen molar-refractivity contribution < 1.29 is 9.59 Å². The van der Waals surface area contributed by atoms with Crippen LogP contribution in [0.3, 0.4) is 0 Å². The molecule has 0 spiro atoms. The van der Waals surface area contributed by atoms with Gasteiger partial charge in [-0.15, -0.1) is 12.4 Å². The van der Waals surface area contributed by atoms with Crippen LogP contribution in [0.4, 0.5) is 11.4 Å². The topological polar surface area (TPSA) is 84.2 Å². The van der Waals surface area contributed by atoms with Gasteiger partial charge in [-0.05, 0) is 44.0 Å². The third kappa shape index (κ3) is 5.19. The summed E-state index contributed by atoms with van der Waals surface area (Å²) in [7, 11) is 0. The first-order chi connectivity index (χ1) is 9.04. The maximum Gasteiger partial charge on any atom is 0.227 e. The molecular weight excluding hydrogens is 278 g/mol. The third-order valence-electron chi connectivity index (χ3n) is 2.89. The van der Waals surface area contributed by atoms with Gasteiger partial charge in [-0.25, -0.2) is 0 Å². The Kier molecular flexibility index (Phi) is 5.98. The van der Waals surface area contributed by atoms with Crippen LogP contribution >= 0.6 is 12.4 Å². The highest BCUT2D eigenvalue weighted by atomic mass is 35.5. The molecule has 4 N–H and O–H groups in total. The molecule has 20 heavy (non-hydrogen) atoms. The summed E-state index contributed by atoms with van der Waals surface area (Å²) in [4.78, 5) is 23.1. The van der Waals surface area contributed by atoms with E-state index in [1.807, 2.05) is 0 Å². The monoisotopic (exact) mass is 297 g/mol. The molecule has 0 heterocycles. The predicted molar refractivity (Wildman–Crippen MR) is 81.9 cm³/mol. The van der Waals surface area contributed by atoms with Crippen molar-refractivity contribution >= 4 is 35.6 Å². The maximum atomic E-state index is 11.6. The Balaban J connectivity index is 0.00000200. The molecule has 2 amide bonds. The van der Waals surface area contributed by atoms with Gasteiger partial charge >= 0.3 is 0 Å². The van der Waals surface area contributed by atoms with Gasteiger partial charge in [-0.3, -0.25) is 9.59 Å². The predicted octanol–water partition coefficient (Wildman–Crippen LogP) is 2.13. The lowest BCUT2D eigenvalue weighted by atomic mass is 10.2. The van der Waals surface area contributed by atoms with Crippen LogP contribution in [0.25, 0.3) is 0 Å².